The lowest BCUT2D eigenvalue weighted by Crippen LogP contribution is -2.35. The molecule has 2 rings (SSSR count). The van der Waals surface area contributed by atoms with E-state index in [9.17, 15) is 5.11 Å². The predicted molar refractivity (Wildman–Crippen MR) is 60.8 cm³/mol. The second kappa shape index (κ2) is 4.14. The van der Waals surface area contributed by atoms with Crippen LogP contribution in [-0.4, -0.2) is 36.7 Å². The molecule has 15 heavy (non-hydrogen) atoms. The number of aromatic nitrogens is 3. The fourth-order valence-corrected chi connectivity index (χ4v) is 3.29. The molecule has 1 saturated heterocycles. The molecule has 1 fully saturated rings. The number of thioether (sulfide) groups is 1. The van der Waals surface area contributed by atoms with Crippen LogP contribution in [0.1, 0.15) is 25.5 Å². The van der Waals surface area contributed by atoms with E-state index in [1.165, 1.54) is 6.42 Å². The van der Waals surface area contributed by atoms with Crippen LogP contribution in [-0.2, 0) is 13.5 Å². The van der Waals surface area contributed by atoms with E-state index in [1.807, 2.05) is 25.0 Å². The standard InChI is InChI=1S/C10H17N3OS/c1-10(4-3-5-15-10)9(14)6-8-7-13(2)12-11-8/h7,9,14H,3-6H2,1-2H3. The van der Waals surface area contributed by atoms with Crippen molar-refractivity contribution in [2.45, 2.75) is 37.0 Å². The van der Waals surface area contributed by atoms with Gasteiger partial charge in [0.25, 0.3) is 0 Å². The second-order valence-electron chi connectivity index (χ2n) is 4.37. The molecule has 0 spiro atoms. The Morgan fingerprint density at radius 3 is 3.07 bits per heavy atom. The zero-order valence-corrected chi connectivity index (χ0v) is 10.00. The Morgan fingerprint density at radius 2 is 2.53 bits per heavy atom. The van der Waals surface area contributed by atoms with Crippen molar-refractivity contribution in [3.63, 3.8) is 0 Å². The van der Waals surface area contributed by atoms with Crippen LogP contribution in [0.25, 0.3) is 0 Å². The van der Waals surface area contributed by atoms with Crippen LogP contribution in [0, 0.1) is 0 Å². The summed E-state index contributed by atoms with van der Waals surface area (Å²) in [7, 11) is 1.84. The molecule has 1 aliphatic heterocycles. The maximum absolute atomic E-state index is 10.2. The molecular formula is C10H17N3OS. The van der Waals surface area contributed by atoms with E-state index in [2.05, 4.69) is 17.2 Å². The first-order valence-corrected chi connectivity index (χ1v) is 6.26. The van der Waals surface area contributed by atoms with E-state index in [-0.39, 0.29) is 10.9 Å². The zero-order chi connectivity index (χ0) is 10.9. The highest BCUT2D eigenvalue weighted by atomic mass is 32.2. The molecule has 1 aromatic heterocycles. The first-order chi connectivity index (χ1) is 7.10. The van der Waals surface area contributed by atoms with E-state index >= 15 is 0 Å². The molecule has 1 aromatic rings. The average molecular weight is 227 g/mol. The molecule has 0 radical (unpaired) electrons. The fraction of sp³-hybridized carbons (Fsp3) is 0.800. The lowest BCUT2D eigenvalue weighted by atomic mass is 9.95. The Balaban J connectivity index is 1.99. The smallest absolute Gasteiger partial charge is 0.0853 e. The number of hydrogen-bond acceptors (Lipinski definition) is 4. The third-order valence-electron chi connectivity index (χ3n) is 3.01. The van der Waals surface area contributed by atoms with Crippen molar-refractivity contribution in [3.05, 3.63) is 11.9 Å². The highest BCUT2D eigenvalue weighted by molar-refractivity contribution is 8.00. The molecule has 2 heterocycles. The Hall–Kier alpha value is -0.550. The van der Waals surface area contributed by atoms with Crippen LogP contribution in [0.2, 0.25) is 0 Å². The van der Waals surface area contributed by atoms with Crippen molar-refractivity contribution in [1.29, 1.82) is 0 Å². The van der Waals surface area contributed by atoms with E-state index in [0.29, 0.717) is 6.42 Å². The van der Waals surface area contributed by atoms with Crippen molar-refractivity contribution in [3.8, 4) is 0 Å². The maximum Gasteiger partial charge on any atom is 0.0853 e. The summed E-state index contributed by atoms with van der Waals surface area (Å²) < 4.78 is 1.68. The van der Waals surface area contributed by atoms with Gasteiger partial charge in [-0.1, -0.05) is 5.21 Å². The van der Waals surface area contributed by atoms with Crippen LogP contribution >= 0.6 is 11.8 Å². The van der Waals surface area contributed by atoms with Gasteiger partial charge in [-0.15, -0.1) is 5.10 Å². The molecule has 0 amide bonds. The van der Waals surface area contributed by atoms with Crippen molar-refractivity contribution >= 4 is 11.8 Å². The van der Waals surface area contributed by atoms with E-state index < -0.39 is 0 Å². The SMILES string of the molecule is Cn1cc(CC(O)C2(C)CCCS2)nn1. The fourth-order valence-electron chi connectivity index (χ4n) is 1.97. The van der Waals surface area contributed by atoms with E-state index in [0.717, 1.165) is 17.9 Å². The molecule has 2 unspecified atom stereocenters. The molecule has 1 N–H and O–H groups in total. The molecule has 4 nitrogen and oxygen atoms in total. The first-order valence-electron chi connectivity index (χ1n) is 5.27. The van der Waals surface area contributed by atoms with Gasteiger partial charge in [0, 0.05) is 24.4 Å². The van der Waals surface area contributed by atoms with E-state index in [4.69, 9.17) is 0 Å². The lowest BCUT2D eigenvalue weighted by Gasteiger charge is -2.28. The molecule has 0 bridgehead atoms. The number of nitrogens with zero attached hydrogens (tertiary/aromatic N) is 3. The normalized spacial score (nSPS) is 28.2. The summed E-state index contributed by atoms with van der Waals surface area (Å²) >= 11 is 1.87. The minimum atomic E-state index is -0.318. The van der Waals surface area contributed by atoms with Gasteiger partial charge in [-0.2, -0.15) is 11.8 Å². The number of aryl methyl sites for hydroxylation is 1. The molecule has 0 aliphatic carbocycles. The van der Waals surface area contributed by atoms with Gasteiger partial charge in [-0.05, 0) is 25.5 Å². The minimum Gasteiger partial charge on any atom is -0.391 e. The van der Waals surface area contributed by atoms with Crippen LogP contribution in [0.15, 0.2) is 6.20 Å². The number of hydrogen-bond donors (Lipinski definition) is 1. The molecule has 5 heteroatoms. The van der Waals surface area contributed by atoms with Gasteiger partial charge in [-0.3, -0.25) is 4.68 Å². The Bertz CT molecular complexity index is 333. The number of rotatable bonds is 3. The van der Waals surface area contributed by atoms with Crippen molar-refractivity contribution in [2.75, 3.05) is 5.75 Å². The predicted octanol–water partition coefficient (Wildman–Crippen LogP) is 1.00. The largest absolute Gasteiger partial charge is 0.391 e. The van der Waals surface area contributed by atoms with Gasteiger partial charge in [0.1, 0.15) is 0 Å². The average Bonchev–Trinajstić information content (AvgIpc) is 2.76. The van der Waals surface area contributed by atoms with E-state index in [1.54, 1.807) is 4.68 Å². The third-order valence-corrected chi connectivity index (χ3v) is 4.64. The summed E-state index contributed by atoms with van der Waals surface area (Å²) in [5.74, 6) is 1.16. The molecule has 2 atom stereocenters. The highest BCUT2D eigenvalue weighted by Crippen LogP contribution is 2.41. The van der Waals surface area contributed by atoms with Crippen molar-refractivity contribution in [1.82, 2.24) is 15.0 Å². The summed E-state index contributed by atoms with van der Waals surface area (Å²) in [4.78, 5) is 0. The Morgan fingerprint density at radius 1 is 1.73 bits per heavy atom. The molecule has 84 valence electrons. The summed E-state index contributed by atoms with van der Waals surface area (Å²) in [6.07, 6.45) is 4.46. The number of aliphatic hydroxyl groups excluding tert-OH is 1. The summed E-state index contributed by atoms with van der Waals surface area (Å²) in [5.41, 5.74) is 0.874. The van der Waals surface area contributed by atoms with Crippen LogP contribution in [0.5, 0.6) is 0 Å². The minimum absolute atomic E-state index is 0.0114. The van der Waals surface area contributed by atoms with Crippen LogP contribution in [0.4, 0.5) is 0 Å². The molecular weight excluding hydrogens is 210 g/mol. The van der Waals surface area contributed by atoms with Gasteiger partial charge in [0.05, 0.1) is 11.8 Å². The maximum atomic E-state index is 10.2. The Kier molecular flexibility index (Phi) is 3.02. The first kappa shape index (κ1) is 11.0. The molecule has 0 aromatic carbocycles. The topological polar surface area (TPSA) is 50.9 Å². The van der Waals surface area contributed by atoms with Crippen molar-refractivity contribution in [2.24, 2.45) is 7.05 Å². The van der Waals surface area contributed by atoms with Gasteiger partial charge in [0.15, 0.2) is 0 Å². The van der Waals surface area contributed by atoms with Crippen molar-refractivity contribution < 1.29 is 5.11 Å². The zero-order valence-electron chi connectivity index (χ0n) is 9.18. The third kappa shape index (κ3) is 2.34. The van der Waals surface area contributed by atoms with Gasteiger partial charge in [-0.25, -0.2) is 0 Å². The Labute approximate surface area is 94.1 Å². The van der Waals surface area contributed by atoms with Gasteiger partial charge >= 0.3 is 0 Å². The summed E-state index contributed by atoms with van der Waals surface area (Å²) in [6.45, 7) is 2.14. The monoisotopic (exact) mass is 227 g/mol. The van der Waals surface area contributed by atoms with Gasteiger partial charge < -0.3 is 5.11 Å². The van der Waals surface area contributed by atoms with Gasteiger partial charge in [0.2, 0.25) is 0 Å². The lowest BCUT2D eigenvalue weighted by molar-refractivity contribution is 0.132. The quantitative estimate of drug-likeness (QED) is 0.837. The molecule has 1 aliphatic rings. The second-order valence-corrected chi connectivity index (χ2v) is 6.00. The number of aliphatic hydroxyl groups is 1. The summed E-state index contributed by atoms with van der Waals surface area (Å²) in [6, 6.07) is 0. The molecule has 0 saturated carbocycles. The highest BCUT2D eigenvalue weighted by Gasteiger charge is 2.37. The van der Waals surface area contributed by atoms with Crippen LogP contribution < -0.4 is 0 Å². The summed E-state index contributed by atoms with van der Waals surface area (Å²) in [5, 5.41) is 18.0. The van der Waals surface area contributed by atoms with Crippen LogP contribution in [0.3, 0.4) is 0 Å².